The number of hydrogen-bond acceptors (Lipinski definition) is 2. The van der Waals surface area contributed by atoms with Crippen LogP contribution in [0.3, 0.4) is 0 Å². The maximum absolute atomic E-state index is 12.6. The molecule has 1 fully saturated rings. The number of nitrogens with zero attached hydrogens (tertiary/aromatic N) is 1. The Balaban J connectivity index is 2.06. The minimum atomic E-state index is -0.587. The van der Waals surface area contributed by atoms with Crippen molar-refractivity contribution in [1.29, 1.82) is 0 Å². The molecule has 1 aromatic rings. The standard InChI is InChI=1S/C18H27NO2/c1-4-18(21)10-5-12-19(13-11-18)17(20)16-8-6-15(7-9-16)14(2)3/h6-9,14,21H,4-5,10-13H2,1-3H3. The summed E-state index contributed by atoms with van der Waals surface area (Å²) in [6, 6.07) is 7.93. The number of aliphatic hydroxyl groups is 1. The van der Waals surface area contributed by atoms with Crippen LogP contribution in [0, 0.1) is 0 Å². The van der Waals surface area contributed by atoms with Crippen molar-refractivity contribution in [2.75, 3.05) is 13.1 Å². The van der Waals surface area contributed by atoms with E-state index < -0.39 is 5.60 Å². The van der Waals surface area contributed by atoms with Gasteiger partial charge in [-0.3, -0.25) is 4.79 Å². The summed E-state index contributed by atoms with van der Waals surface area (Å²) in [4.78, 5) is 14.5. The largest absolute Gasteiger partial charge is 0.390 e. The minimum absolute atomic E-state index is 0.0886. The number of carbonyl (C=O) groups excluding carboxylic acids is 1. The van der Waals surface area contributed by atoms with E-state index in [-0.39, 0.29) is 5.91 Å². The van der Waals surface area contributed by atoms with Gasteiger partial charge in [0.2, 0.25) is 0 Å². The third-order valence-corrected chi connectivity index (χ3v) is 4.69. The van der Waals surface area contributed by atoms with Gasteiger partial charge in [0.05, 0.1) is 5.60 Å². The number of benzene rings is 1. The van der Waals surface area contributed by atoms with Crippen LogP contribution < -0.4 is 0 Å². The van der Waals surface area contributed by atoms with E-state index in [2.05, 4.69) is 13.8 Å². The molecule has 1 aromatic carbocycles. The fourth-order valence-electron chi connectivity index (χ4n) is 2.93. The molecule has 0 radical (unpaired) electrons. The fraction of sp³-hybridized carbons (Fsp3) is 0.611. The first-order valence-electron chi connectivity index (χ1n) is 8.07. The van der Waals surface area contributed by atoms with Crippen LogP contribution >= 0.6 is 0 Å². The lowest BCUT2D eigenvalue weighted by Gasteiger charge is -2.25. The Morgan fingerprint density at radius 3 is 2.48 bits per heavy atom. The summed E-state index contributed by atoms with van der Waals surface area (Å²) in [5.74, 6) is 0.567. The van der Waals surface area contributed by atoms with Gasteiger partial charge in [-0.05, 0) is 49.3 Å². The Labute approximate surface area is 128 Å². The first-order valence-corrected chi connectivity index (χ1v) is 8.07. The van der Waals surface area contributed by atoms with E-state index in [4.69, 9.17) is 0 Å². The van der Waals surface area contributed by atoms with Crippen molar-refractivity contribution in [2.45, 2.75) is 58.0 Å². The van der Waals surface area contributed by atoms with Gasteiger partial charge in [-0.1, -0.05) is 32.9 Å². The molecule has 1 N–H and O–H groups in total. The third kappa shape index (κ3) is 3.85. The monoisotopic (exact) mass is 289 g/mol. The molecule has 1 atom stereocenters. The highest BCUT2D eigenvalue weighted by molar-refractivity contribution is 5.94. The highest BCUT2D eigenvalue weighted by Gasteiger charge is 2.29. The number of amides is 1. The van der Waals surface area contributed by atoms with Crippen molar-refractivity contribution in [1.82, 2.24) is 4.90 Å². The van der Waals surface area contributed by atoms with Gasteiger partial charge in [0.25, 0.3) is 5.91 Å². The van der Waals surface area contributed by atoms with E-state index in [9.17, 15) is 9.90 Å². The average molecular weight is 289 g/mol. The number of rotatable bonds is 3. The van der Waals surface area contributed by atoms with E-state index in [0.717, 1.165) is 31.4 Å². The third-order valence-electron chi connectivity index (χ3n) is 4.69. The maximum atomic E-state index is 12.6. The van der Waals surface area contributed by atoms with Crippen molar-refractivity contribution in [3.63, 3.8) is 0 Å². The molecule has 0 aromatic heterocycles. The van der Waals surface area contributed by atoms with E-state index in [1.165, 1.54) is 5.56 Å². The highest BCUT2D eigenvalue weighted by Crippen LogP contribution is 2.26. The lowest BCUT2D eigenvalue weighted by Crippen LogP contribution is -2.34. The molecule has 0 aliphatic carbocycles. The quantitative estimate of drug-likeness (QED) is 0.924. The lowest BCUT2D eigenvalue weighted by atomic mass is 9.92. The zero-order chi connectivity index (χ0) is 15.5. The van der Waals surface area contributed by atoms with Gasteiger partial charge in [0, 0.05) is 18.7 Å². The van der Waals surface area contributed by atoms with E-state index in [0.29, 0.717) is 18.9 Å². The second-order valence-corrected chi connectivity index (χ2v) is 6.50. The van der Waals surface area contributed by atoms with Crippen molar-refractivity contribution in [3.8, 4) is 0 Å². The number of carbonyl (C=O) groups is 1. The topological polar surface area (TPSA) is 40.5 Å². The predicted octanol–water partition coefficient (Wildman–Crippen LogP) is 3.58. The summed E-state index contributed by atoms with van der Waals surface area (Å²) >= 11 is 0. The molecule has 116 valence electrons. The first-order chi connectivity index (χ1) is 9.95. The van der Waals surface area contributed by atoms with Crippen LogP contribution in [0.15, 0.2) is 24.3 Å². The molecular formula is C18H27NO2. The number of likely N-dealkylation sites (tertiary alicyclic amines) is 1. The molecule has 1 aliphatic heterocycles. The van der Waals surface area contributed by atoms with Crippen LogP contribution in [0.4, 0.5) is 0 Å². The summed E-state index contributed by atoms with van der Waals surface area (Å²) in [5.41, 5.74) is 1.42. The van der Waals surface area contributed by atoms with Crippen LogP contribution in [-0.2, 0) is 0 Å². The second kappa shape index (κ2) is 6.61. The van der Waals surface area contributed by atoms with Crippen LogP contribution in [0.1, 0.15) is 68.3 Å². The molecule has 0 spiro atoms. The molecule has 1 saturated heterocycles. The Morgan fingerprint density at radius 2 is 1.90 bits per heavy atom. The van der Waals surface area contributed by atoms with Crippen molar-refractivity contribution in [3.05, 3.63) is 35.4 Å². The van der Waals surface area contributed by atoms with Crippen LogP contribution in [0.2, 0.25) is 0 Å². The molecule has 2 rings (SSSR count). The summed E-state index contributed by atoms with van der Waals surface area (Å²) in [6.07, 6.45) is 3.11. The smallest absolute Gasteiger partial charge is 0.253 e. The van der Waals surface area contributed by atoms with Gasteiger partial charge in [0.15, 0.2) is 0 Å². The molecule has 1 unspecified atom stereocenters. The van der Waals surface area contributed by atoms with Crippen LogP contribution in [-0.4, -0.2) is 34.6 Å². The van der Waals surface area contributed by atoms with Gasteiger partial charge in [-0.2, -0.15) is 0 Å². The first kappa shape index (κ1) is 16.0. The van der Waals surface area contributed by atoms with Gasteiger partial charge in [-0.15, -0.1) is 0 Å². The number of hydrogen-bond donors (Lipinski definition) is 1. The highest BCUT2D eigenvalue weighted by atomic mass is 16.3. The zero-order valence-electron chi connectivity index (χ0n) is 13.4. The SMILES string of the molecule is CCC1(O)CCCN(C(=O)c2ccc(C(C)C)cc2)CC1. The minimum Gasteiger partial charge on any atom is -0.390 e. The average Bonchev–Trinajstić information content (AvgIpc) is 2.69. The van der Waals surface area contributed by atoms with Crippen molar-refractivity contribution < 1.29 is 9.90 Å². The molecular weight excluding hydrogens is 262 g/mol. The molecule has 3 heteroatoms. The van der Waals surface area contributed by atoms with E-state index >= 15 is 0 Å². The van der Waals surface area contributed by atoms with Gasteiger partial charge in [0.1, 0.15) is 0 Å². The van der Waals surface area contributed by atoms with Crippen LogP contribution in [0.5, 0.6) is 0 Å². The predicted molar refractivity (Wildman–Crippen MR) is 85.5 cm³/mol. The molecule has 21 heavy (non-hydrogen) atoms. The lowest BCUT2D eigenvalue weighted by molar-refractivity contribution is 0.0217. The molecule has 1 aliphatic rings. The molecule has 3 nitrogen and oxygen atoms in total. The summed E-state index contributed by atoms with van der Waals surface area (Å²) in [5, 5.41) is 10.4. The van der Waals surface area contributed by atoms with Gasteiger partial charge < -0.3 is 10.0 Å². The van der Waals surface area contributed by atoms with Crippen molar-refractivity contribution >= 4 is 5.91 Å². The molecule has 1 amide bonds. The molecule has 0 bridgehead atoms. The van der Waals surface area contributed by atoms with E-state index in [1.807, 2.05) is 36.1 Å². The Bertz CT molecular complexity index is 480. The Kier molecular flexibility index (Phi) is 5.04. The summed E-state index contributed by atoms with van der Waals surface area (Å²) in [7, 11) is 0. The normalized spacial score (nSPS) is 23.2. The fourth-order valence-corrected chi connectivity index (χ4v) is 2.93. The molecule has 0 saturated carbocycles. The van der Waals surface area contributed by atoms with Gasteiger partial charge in [-0.25, -0.2) is 0 Å². The maximum Gasteiger partial charge on any atom is 0.253 e. The Morgan fingerprint density at radius 1 is 1.24 bits per heavy atom. The summed E-state index contributed by atoms with van der Waals surface area (Å²) in [6.45, 7) is 7.71. The molecule has 1 heterocycles. The zero-order valence-corrected chi connectivity index (χ0v) is 13.4. The second-order valence-electron chi connectivity index (χ2n) is 6.50. The van der Waals surface area contributed by atoms with Crippen molar-refractivity contribution in [2.24, 2.45) is 0 Å². The van der Waals surface area contributed by atoms with Gasteiger partial charge >= 0.3 is 0 Å². The summed E-state index contributed by atoms with van der Waals surface area (Å²) < 4.78 is 0. The van der Waals surface area contributed by atoms with E-state index in [1.54, 1.807) is 0 Å². The van der Waals surface area contributed by atoms with Crippen LogP contribution in [0.25, 0.3) is 0 Å². The Hall–Kier alpha value is -1.35.